The molecule has 0 bridgehead atoms. The Morgan fingerprint density at radius 3 is 3.12 bits per heavy atom. The summed E-state index contributed by atoms with van der Waals surface area (Å²) in [5.41, 5.74) is 1.46. The lowest BCUT2D eigenvalue weighted by molar-refractivity contribution is -0.128. The number of nitrogens with zero attached hydrogens (tertiary/aromatic N) is 4. The van der Waals surface area contributed by atoms with Crippen molar-refractivity contribution in [3.8, 4) is 0 Å². The molecule has 1 saturated heterocycles. The molecular formula is C16H18N6O3. The van der Waals surface area contributed by atoms with E-state index >= 15 is 0 Å². The lowest BCUT2D eigenvalue weighted by Crippen LogP contribution is -2.28. The van der Waals surface area contributed by atoms with Crippen LogP contribution in [-0.4, -0.2) is 43.2 Å². The van der Waals surface area contributed by atoms with Gasteiger partial charge in [-0.05, 0) is 19.1 Å². The van der Waals surface area contributed by atoms with E-state index < -0.39 is 5.92 Å². The third-order valence-corrected chi connectivity index (χ3v) is 4.48. The number of aryl methyl sites for hydroxylation is 2. The van der Waals surface area contributed by atoms with Gasteiger partial charge in [0.2, 0.25) is 11.8 Å². The molecule has 1 aliphatic heterocycles. The molecule has 9 nitrogen and oxygen atoms in total. The van der Waals surface area contributed by atoms with Crippen LogP contribution >= 0.6 is 0 Å². The summed E-state index contributed by atoms with van der Waals surface area (Å²) in [6, 6.07) is 3.59. The van der Waals surface area contributed by atoms with Gasteiger partial charge in [-0.15, -0.1) is 0 Å². The van der Waals surface area contributed by atoms with Crippen LogP contribution < -0.4 is 5.32 Å². The van der Waals surface area contributed by atoms with Gasteiger partial charge in [0.1, 0.15) is 11.6 Å². The summed E-state index contributed by atoms with van der Waals surface area (Å²) < 4.78 is 6.93. The zero-order valence-electron chi connectivity index (χ0n) is 13.9. The minimum atomic E-state index is -0.405. The maximum atomic E-state index is 12.6. The maximum absolute atomic E-state index is 12.6. The van der Waals surface area contributed by atoms with Crippen molar-refractivity contribution in [2.24, 2.45) is 13.0 Å². The van der Waals surface area contributed by atoms with Gasteiger partial charge in [0.15, 0.2) is 5.65 Å². The highest BCUT2D eigenvalue weighted by molar-refractivity contribution is 6.02. The fraction of sp³-hybridized carbons (Fsp3) is 0.375. The van der Waals surface area contributed by atoms with Gasteiger partial charge in [0, 0.05) is 20.0 Å². The van der Waals surface area contributed by atoms with Crippen molar-refractivity contribution < 1.29 is 14.0 Å². The number of hydrogen-bond donors (Lipinski definition) is 2. The maximum Gasteiger partial charge on any atom is 0.230 e. The number of H-pyrrole nitrogens is 1. The molecule has 1 unspecified atom stereocenters. The largest absolute Gasteiger partial charge is 0.467 e. The van der Waals surface area contributed by atoms with E-state index in [0.717, 1.165) is 11.1 Å². The van der Waals surface area contributed by atoms with Gasteiger partial charge in [-0.3, -0.25) is 14.7 Å². The van der Waals surface area contributed by atoms with E-state index in [0.29, 0.717) is 30.3 Å². The fourth-order valence-corrected chi connectivity index (χ4v) is 3.24. The number of carbonyl (C=O) groups excluding carboxylic acids is 2. The summed E-state index contributed by atoms with van der Waals surface area (Å²) in [6.45, 7) is 2.61. The second-order valence-corrected chi connectivity index (χ2v) is 6.25. The van der Waals surface area contributed by atoms with Crippen LogP contribution in [-0.2, 0) is 23.2 Å². The molecule has 0 aromatic carbocycles. The first kappa shape index (κ1) is 15.4. The quantitative estimate of drug-likeness (QED) is 0.740. The second kappa shape index (κ2) is 5.76. The minimum Gasteiger partial charge on any atom is -0.467 e. The van der Waals surface area contributed by atoms with Gasteiger partial charge < -0.3 is 14.6 Å². The number of rotatable bonds is 4. The van der Waals surface area contributed by atoms with Crippen LogP contribution in [0.3, 0.4) is 0 Å². The molecule has 3 aromatic rings. The Kier molecular flexibility index (Phi) is 3.56. The molecule has 2 amide bonds. The number of hydrogen-bond acceptors (Lipinski definition) is 5. The molecule has 0 radical (unpaired) electrons. The van der Waals surface area contributed by atoms with Gasteiger partial charge in [0.05, 0.1) is 29.8 Å². The van der Waals surface area contributed by atoms with Gasteiger partial charge in [0.25, 0.3) is 0 Å². The lowest BCUT2D eigenvalue weighted by atomic mass is 10.1. The Morgan fingerprint density at radius 2 is 2.36 bits per heavy atom. The van der Waals surface area contributed by atoms with Gasteiger partial charge in [-0.1, -0.05) is 0 Å². The van der Waals surface area contributed by atoms with E-state index in [9.17, 15) is 9.59 Å². The highest BCUT2D eigenvalue weighted by atomic mass is 16.3. The van der Waals surface area contributed by atoms with Crippen LogP contribution in [0.1, 0.15) is 17.9 Å². The highest BCUT2D eigenvalue weighted by Gasteiger charge is 2.35. The van der Waals surface area contributed by atoms with Crippen LogP contribution in [0.4, 0.5) is 5.82 Å². The predicted molar refractivity (Wildman–Crippen MR) is 88.5 cm³/mol. The molecule has 4 heterocycles. The number of carbonyl (C=O) groups is 2. The molecule has 9 heteroatoms. The molecule has 3 aromatic heterocycles. The molecular weight excluding hydrogens is 324 g/mol. The van der Waals surface area contributed by atoms with E-state index in [2.05, 4.69) is 20.6 Å². The van der Waals surface area contributed by atoms with Gasteiger partial charge in [-0.25, -0.2) is 4.68 Å². The molecule has 130 valence electrons. The van der Waals surface area contributed by atoms with Crippen molar-refractivity contribution in [3.63, 3.8) is 0 Å². The summed E-state index contributed by atoms with van der Waals surface area (Å²) >= 11 is 0. The van der Waals surface area contributed by atoms with Crippen LogP contribution in [0.5, 0.6) is 0 Å². The average Bonchev–Trinajstić information content (AvgIpc) is 3.31. The molecule has 2 N–H and O–H groups in total. The fourth-order valence-electron chi connectivity index (χ4n) is 3.24. The second-order valence-electron chi connectivity index (χ2n) is 6.25. The number of aromatic amines is 1. The van der Waals surface area contributed by atoms with Crippen LogP contribution in [0.25, 0.3) is 11.0 Å². The molecule has 4 rings (SSSR count). The first-order chi connectivity index (χ1) is 12.0. The average molecular weight is 342 g/mol. The summed E-state index contributed by atoms with van der Waals surface area (Å²) in [4.78, 5) is 26.4. The first-order valence-electron chi connectivity index (χ1n) is 8.01. The SMILES string of the molecule is Cc1nn(C)c2n[nH]c(NC(=O)C3CC(=O)N(Cc4ccco4)C3)c12. The van der Waals surface area contributed by atoms with E-state index in [1.165, 1.54) is 0 Å². The summed E-state index contributed by atoms with van der Waals surface area (Å²) in [7, 11) is 1.80. The molecule has 0 spiro atoms. The monoisotopic (exact) mass is 342 g/mol. The number of likely N-dealkylation sites (tertiary alicyclic amines) is 1. The third-order valence-electron chi connectivity index (χ3n) is 4.48. The molecule has 1 atom stereocenters. The molecule has 0 aliphatic carbocycles. The summed E-state index contributed by atoms with van der Waals surface area (Å²) in [6.07, 6.45) is 1.76. The van der Waals surface area contributed by atoms with Crippen LogP contribution in [0.15, 0.2) is 22.8 Å². The van der Waals surface area contributed by atoms with E-state index in [1.54, 1.807) is 29.0 Å². The number of anilines is 1. The predicted octanol–water partition coefficient (Wildman–Crippen LogP) is 1.19. The Morgan fingerprint density at radius 1 is 1.52 bits per heavy atom. The van der Waals surface area contributed by atoms with Crippen molar-refractivity contribution in [1.82, 2.24) is 24.9 Å². The van der Waals surface area contributed by atoms with Crippen LogP contribution in [0, 0.1) is 12.8 Å². The topological polar surface area (TPSA) is 109 Å². The highest BCUT2D eigenvalue weighted by Crippen LogP contribution is 2.26. The summed E-state index contributed by atoms with van der Waals surface area (Å²) in [5, 5.41) is 14.9. The standard InChI is InChI=1S/C16H18N6O3/c1-9-13-14(18-19-15(13)21(2)20-9)17-16(24)10-6-12(23)22(7-10)8-11-4-3-5-25-11/h3-5,10H,6-8H2,1-2H3,(H2,17,18,19,24). The number of furan rings is 1. The van der Waals surface area contributed by atoms with Crippen molar-refractivity contribution >= 4 is 28.7 Å². The van der Waals surface area contributed by atoms with Gasteiger partial charge in [-0.2, -0.15) is 10.2 Å². The molecule has 0 saturated carbocycles. The number of nitrogens with one attached hydrogen (secondary N) is 2. The summed E-state index contributed by atoms with van der Waals surface area (Å²) in [5.74, 6) is 0.559. The zero-order chi connectivity index (χ0) is 17.6. The number of fused-ring (bicyclic) bond motifs is 1. The van der Waals surface area contributed by atoms with E-state index in [-0.39, 0.29) is 18.2 Å². The van der Waals surface area contributed by atoms with Crippen molar-refractivity contribution in [1.29, 1.82) is 0 Å². The Hall–Kier alpha value is -3.10. The Labute approximate surface area is 143 Å². The lowest BCUT2D eigenvalue weighted by Gasteiger charge is -2.14. The van der Waals surface area contributed by atoms with Gasteiger partial charge >= 0.3 is 0 Å². The number of aromatic nitrogens is 4. The number of amides is 2. The molecule has 1 aliphatic rings. The smallest absolute Gasteiger partial charge is 0.230 e. The Bertz CT molecular complexity index is 939. The third kappa shape index (κ3) is 2.67. The van der Waals surface area contributed by atoms with Crippen LogP contribution in [0.2, 0.25) is 0 Å². The Balaban J connectivity index is 1.47. The normalized spacial score (nSPS) is 17.6. The minimum absolute atomic E-state index is 0.0520. The van der Waals surface area contributed by atoms with Crippen molar-refractivity contribution in [2.75, 3.05) is 11.9 Å². The first-order valence-corrected chi connectivity index (χ1v) is 8.01. The molecule has 25 heavy (non-hydrogen) atoms. The van der Waals surface area contributed by atoms with E-state index in [1.807, 2.05) is 13.0 Å². The van der Waals surface area contributed by atoms with E-state index in [4.69, 9.17) is 4.42 Å². The van der Waals surface area contributed by atoms with Crippen molar-refractivity contribution in [2.45, 2.75) is 19.9 Å². The zero-order valence-corrected chi connectivity index (χ0v) is 13.9. The molecule has 1 fully saturated rings. The van der Waals surface area contributed by atoms with Crippen molar-refractivity contribution in [3.05, 3.63) is 29.9 Å².